The third kappa shape index (κ3) is 2.54. The monoisotopic (exact) mass is 416 g/mol. The molecule has 0 N–H and O–H groups in total. The van der Waals surface area contributed by atoms with Crippen molar-refractivity contribution in [3.8, 4) is 0 Å². The van der Waals surface area contributed by atoms with E-state index in [9.17, 15) is 14.4 Å². The summed E-state index contributed by atoms with van der Waals surface area (Å²) in [6.07, 6.45) is 0.973. The maximum absolute atomic E-state index is 13.4. The van der Waals surface area contributed by atoms with Crippen LogP contribution in [0, 0.1) is 10.8 Å². The molecule has 2 aliphatic carbocycles. The zero-order valence-corrected chi connectivity index (χ0v) is 17.9. The second-order valence-corrected chi connectivity index (χ2v) is 9.31. The first-order chi connectivity index (χ1) is 14.0. The van der Waals surface area contributed by atoms with E-state index in [1.165, 1.54) is 6.92 Å². The van der Waals surface area contributed by atoms with Crippen molar-refractivity contribution in [2.75, 3.05) is 13.2 Å². The third-order valence-corrected chi connectivity index (χ3v) is 7.44. The van der Waals surface area contributed by atoms with Gasteiger partial charge in [0.15, 0.2) is 12.2 Å². The number of fused-ring (bicyclic) bond motifs is 2. The van der Waals surface area contributed by atoms with Gasteiger partial charge in [-0.3, -0.25) is 4.79 Å². The van der Waals surface area contributed by atoms with Gasteiger partial charge in [-0.05, 0) is 33.6 Å². The average Bonchev–Trinajstić information content (AvgIpc) is 3.47. The minimum atomic E-state index is -1.07. The third-order valence-electron chi connectivity index (χ3n) is 7.44. The molecule has 0 aromatic carbocycles. The minimum Gasteiger partial charge on any atom is -0.462 e. The van der Waals surface area contributed by atoms with Crippen LogP contribution in [0.25, 0.3) is 0 Å². The van der Waals surface area contributed by atoms with Crippen LogP contribution >= 0.6 is 0 Å². The molecule has 1 spiro atoms. The molecule has 30 heavy (non-hydrogen) atoms. The molecule has 1 saturated carbocycles. The molecular formula is C23H28O7. The normalized spacial score (nSPS) is 41.0. The van der Waals surface area contributed by atoms with Gasteiger partial charge < -0.3 is 18.9 Å². The van der Waals surface area contributed by atoms with Crippen LogP contribution < -0.4 is 0 Å². The summed E-state index contributed by atoms with van der Waals surface area (Å²) < 4.78 is 23.5. The standard InChI is InChI=1S/C23H28O7/c1-12(2)19(25)27-10-22-8-7-14(5)9-15(22)29-18-16(24)17(30-20(26)13(3)4)21(22,6)23(18)11-28-23/h9,15,17-18H,1,3,7-8,10-11H2,2,4-6H3. The lowest BCUT2D eigenvalue weighted by atomic mass is 9.51. The molecule has 0 aromatic heterocycles. The molecule has 3 fully saturated rings. The van der Waals surface area contributed by atoms with E-state index >= 15 is 0 Å². The lowest BCUT2D eigenvalue weighted by molar-refractivity contribution is -0.232. The van der Waals surface area contributed by atoms with E-state index in [0.717, 1.165) is 12.0 Å². The molecule has 4 aliphatic rings. The predicted octanol–water partition coefficient (Wildman–Crippen LogP) is 2.45. The van der Waals surface area contributed by atoms with Gasteiger partial charge in [-0.2, -0.15) is 0 Å². The first kappa shape index (κ1) is 21.0. The van der Waals surface area contributed by atoms with Crippen LogP contribution in [0.4, 0.5) is 0 Å². The summed E-state index contributed by atoms with van der Waals surface area (Å²) in [6, 6.07) is 0. The number of carbonyl (C=O) groups excluding carboxylic acids is 3. The molecule has 0 amide bonds. The molecule has 0 aromatic rings. The number of carbonyl (C=O) groups is 3. The summed E-state index contributed by atoms with van der Waals surface area (Å²) in [7, 11) is 0. The first-order valence-corrected chi connectivity index (χ1v) is 10.2. The fraction of sp³-hybridized carbons (Fsp3) is 0.609. The maximum atomic E-state index is 13.4. The van der Waals surface area contributed by atoms with E-state index in [4.69, 9.17) is 18.9 Å². The van der Waals surface area contributed by atoms with Crippen LogP contribution in [0.3, 0.4) is 0 Å². The zero-order chi connectivity index (χ0) is 22.1. The van der Waals surface area contributed by atoms with Crippen molar-refractivity contribution in [3.05, 3.63) is 36.0 Å². The van der Waals surface area contributed by atoms with E-state index in [2.05, 4.69) is 13.2 Å². The Labute approximate surface area is 176 Å². The van der Waals surface area contributed by atoms with Gasteiger partial charge in [-0.15, -0.1) is 0 Å². The van der Waals surface area contributed by atoms with Crippen LogP contribution in [-0.4, -0.2) is 54.8 Å². The molecule has 162 valence electrons. The van der Waals surface area contributed by atoms with Crippen molar-refractivity contribution in [1.29, 1.82) is 0 Å². The molecule has 2 aliphatic heterocycles. The lowest BCUT2D eigenvalue weighted by Crippen LogP contribution is -2.66. The molecule has 6 unspecified atom stereocenters. The summed E-state index contributed by atoms with van der Waals surface area (Å²) in [4.78, 5) is 38.0. The number of allylic oxidation sites excluding steroid dienone is 1. The Hall–Kier alpha value is -2.25. The van der Waals surface area contributed by atoms with Gasteiger partial charge in [0.2, 0.25) is 5.78 Å². The summed E-state index contributed by atoms with van der Waals surface area (Å²) in [5.74, 6) is -1.45. The Morgan fingerprint density at radius 2 is 1.87 bits per heavy atom. The highest BCUT2D eigenvalue weighted by Gasteiger charge is 2.86. The van der Waals surface area contributed by atoms with Gasteiger partial charge >= 0.3 is 11.9 Å². The lowest BCUT2D eigenvalue weighted by Gasteiger charge is -2.57. The fourth-order valence-electron chi connectivity index (χ4n) is 5.47. The first-order valence-electron chi connectivity index (χ1n) is 10.2. The summed E-state index contributed by atoms with van der Waals surface area (Å²) in [5, 5.41) is 0. The Morgan fingerprint density at radius 1 is 1.23 bits per heavy atom. The van der Waals surface area contributed by atoms with Gasteiger partial charge in [0.05, 0.1) is 18.1 Å². The van der Waals surface area contributed by atoms with E-state index in [0.29, 0.717) is 13.0 Å². The Bertz CT molecular complexity index is 895. The van der Waals surface area contributed by atoms with Gasteiger partial charge in [0, 0.05) is 16.6 Å². The van der Waals surface area contributed by atoms with Crippen LogP contribution in [-0.2, 0) is 33.3 Å². The van der Waals surface area contributed by atoms with E-state index in [-0.39, 0.29) is 23.5 Å². The molecule has 6 atom stereocenters. The van der Waals surface area contributed by atoms with Crippen molar-refractivity contribution in [3.63, 3.8) is 0 Å². The van der Waals surface area contributed by atoms with Crippen molar-refractivity contribution in [2.45, 2.75) is 64.4 Å². The molecule has 2 saturated heterocycles. The van der Waals surface area contributed by atoms with Crippen molar-refractivity contribution >= 4 is 17.7 Å². The molecule has 2 bridgehead atoms. The summed E-state index contributed by atoms with van der Waals surface area (Å²) in [5.41, 5.74) is -0.983. The highest BCUT2D eigenvalue weighted by atomic mass is 16.6. The number of rotatable bonds is 5. The topological polar surface area (TPSA) is 91.4 Å². The second-order valence-electron chi connectivity index (χ2n) is 9.31. The molecular weight excluding hydrogens is 388 g/mol. The van der Waals surface area contributed by atoms with Crippen LogP contribution in [0.2, 0.25) is 0 Å². The number of Topliss-reactive ketones (excluding diaryl/α,β-unsaturated/α-hetero) is 1. The van der Waals surface area contributed by atoms with Crippen LogP contribution in [0.1, 0.15) is 40.5 Å². The SMILES string of the molecule is C=C(C)C(=O)OCC12CCC(C)=CC1OC1C(=O)C(OC(=O)C(=C)C)C2(C)C12CO2. The Kier molecular flexibility index (Phi) is 4.64. The Morgan fingerprint density at radius 3 is 2.43 bits per heavy atom. The Balaban J connectivity index is 1.82. The number of esters is 2. The quantitative estimate of drug-likeness (QED) is 0.294. The number of hydrogen-bond acceptors (Lipinski definition) is 7. The molecule has 4 rings (SSSR count). The van der Waals surface area contributed by atoms with Crippen LogP contribution in [0.15, 0.2) is 36.0 Å². The molecule has 0 radical (unpaired) electrons. The minimum absolute atomic E-state index is 0.00979. The van der Waals surface area contributed by atoms with Crippen molar-refractivity contribution in [1.82, 2.24) is 0 Å². The van der Waals surface area contributed by atoms with E-state index in [1.807, 2.05) is 19.9 Å². The van der Waals surface area contributed by atoms with Crippen LogP contribution in [0.5, 0.6) is 0 Å². The molecule has 2 heterocycles. The van der Waals surface area contributed by atoms with Gasteiger partial charge in [0.25, 0.3) is 0 Å². The number of epoxide rings is 1. The predicted molar refractivity (Wildman–Crippen MR) is 106 cm³/mol. The van der Waals surface area contributed by atoms with Gasteiger partial charge in [-0.25, -0.2) is 9.59 Å². The largest absolute Gasteiger partial charge is 0.462 e. The van der Waals surface area contributed by atoms with E-state index in [1.54, 1.807) is 6.92 Å². The summed E-state index contributed by atoms with van der Waals surface area (Å²) in [6.45, 7) is 14.7. The summed E-state index contributed by atoms with van der Waals surface area (Å²) >= 11 is 0. The molecule has 7 heteroatoms. The fourth-order valence-corrected chi connectivity index (χ4v) is 5.47. The molecule has 7 nitrogen and oxygen atoms in total. The highest BCUT2D eigenvalue weighted by molar-refractivity contribution is 5.98. The maximum Gasteiger partial charge on any atom is 0.333 e. The van der Waals surface area contributed by atoms with Gasteiger partial charge in [-0.1, -0.05) is 31.7 Å². The number of ether oxygens (including phenoxy) is 4. The van der Waals surface area contributed by atoms with Gasteiger partial charge in [0.1, 0.15) is 12.2 Å². The zero-order valence-electron chi connectivity index (χ0n) is 17.9. The van der Waals surface area contributed by atoms with Crippen molar-refractivity contribution in [2.24, 2.45) is 10.8 Å². The second kappa shape index (κ2) is 6.62. The highest BCUT2D eigenvalue weighted by Crippen LogP contribution is 2.71. The van der Waals surface area contributed by atoms with E-state index < -0.39 is 46.7 Å². The smallest absolute Gasteiger partial charge is 0.333 e. The number of ketones is 1. The van der Waals surface area contributed by atoms with Crippen molar-refractivity contribution < 1.29 is 33.3 Å². The number of hydrogen-bond donors (Lipinski definition) is 0. The average molecular weight is 416 g/mol.